The maximum atomic E-state index is 12.3. The molecule has 3 fully saturated rings. The minimum atomic E-state index is -0.174. The zero-order valence-corrected chi connectivity index (χ0v) is 13.6. The number of nitrogens with one attached hydrogen (secondary N) is 1. The van der Waals surface area contributed by atoms with Crippen LogP contribution in [0.5, 0.6) is 0 Å². The molecule has 1 aliphatic carbocycles. The van der Waals surface area contributed by atoms with E-state index >= 15 is 0 Å². The molecule has 2 saturated heterocycles. The van der Waals surface area contributed by atoms with Crippen molar-refractivity contribution in [2.75, 3.05) is 19.7 Å². The van der Waals surface area contributed by atoms with E-state index in [9.17, 15) is 4.79 Å². The Balaban J connectivity index is 1.23. The highest BCUT2D eigenvalue weighted by Crippen LogP contribution is 2.35. The molecular formula is C17H26N4O2. The van der Waals surface area contributed by atoms with Gasteiger partial charge in [0.25, 0.3) is 5.91 Å². The average Bonchev–Trinajstić information content (AvgIpc) is 3.10. The number of amides is 1. The highest BCUT2D eigenvalue weighted by Gasteiger charge is 2.31. The minimum absolute atomic E-state index is 0.174. The molecule has 4 rings (SSSR count). The Morgan fingerprint density at radius 3 is 2.78 bits per heavy atom. The first-order chi connectivity index (χ1) is 11.3. The van der Waals surface area contributed by atoms with Crippen molar-refractivity contribution >= 4 is 5.91 Å². The molecule has 1 saturated carbocycles. The molecular weight excluding hydrogens is 292 g/mol. The van der Waals surface area contributed by atoms with Gasteiger partial charge >= 0.3 is 0 Å². The lowest BCUT2D eigenvalue weighted by atomic mass is 10.0. The maximum absolute atomic E-state index is 12.3. The molecule has 0 radical (unpaired) electrons. The van der Waals surface area contributed by atoms with E-state index in [1.807, 2.05) is 17.4 Å². The topological polar surface area (TPSA) is 59.4 Å². The van der Waals surface area contributed by atoms with Gasteiger partial charge in [0.1, 0.15) is 6.10 Å². The fourth-order valence-electron chi connectivity index (χ4n) is 3.68. The number of aromatic nitrogens is 2. The van der Waals surface area contributed by atoms with Crippen molar-refractivity contribution in [2.24, 2.45) is 0 Å². The van der Waals surface area contributed by atoms with E-state index in [2.05, 4.69) is 14.9 Å². The second-order valence-corrected chi connectivity index (χ2v) is 7.01. The van der Waals surface area contributed by atoms with Gasteiger partial charge in [-0.2, -0.15) is 0 Å². The number of ether oxygens (including phenoxy) is 1. The molecule has 1 aromatic heterocycles. The SMILES string of the molecule is O=C(C1CCCO1)N1CCC(NCc2cncn2C2CC2)CC1. The van der Waals surface area contributed by atoms with Crippen LogP contribution in [0.15, 0.2) is 12.5 Å². The molecule has 1 N–H and O–H groups in total. The molecule has 3 aliphatic rings. The number of hydrogen-bond donors (Lipinski definition) is 1. The van der Waals surface area contributed by atoms with E-state index in [0.717, 1.165) is 51.9 Å². The Labute approximate surface area is 137 Å². The predicted molar refractivity (Wildman–Crippen MR) is 85.9 cm³/mol. The monoisotopic (exact) mass is 318 g/mol. The summed E-state index contributed by atoms with van der Waals surface area (Å²) in [6.45, 7) is 3.31. The standard InChI is InChI=1S/C17H26N4O2/c22-17(16-2-1-9-23-16)20-7-5-13(6-8-20)19-11-15-10-18-12-21(15)14-3-4-14/h10,12-14,16,19H,1-9,11H2. The van der Waals surface area contributed by atoms with Gasteiger partial charge in [-0.05, 0) is 38.5 Å². The Bertz CT molecular complexity index is 541. The van der Waals surface area contributed by atoms with Crippen molar-refractivity contribution in [1.29, 1.82) is 0 Å². The van der Waals surface area contributed by atoms with Crippen molar-refractivity contribution < 1.29 is 9.53 Å². The van der Waals surface area contributed by atoms with E-state index in [1.54, 1.807) is 0 Å². The number of rotatable bonds is 5. The van der Waals surface area contributed by atoms with Crippen LogP contribution in [0.25, 0.3) is 0 Å². The molecule has 6 nitrogen and oxygen atoms in total. The van der Waals surface area contributed by atoms with Crippen LogP contribution in [0, 0.1) is 0 Å². The second kappa shape index (κ2) is 6.61. The molecule has 23 heavy (non-hydrogen) atoms. The lowest BCUT2D eigenvalue weighted by Crippen LogP contribution is -2.47. The van der Waals surface area contributed by atoms with Gasteiger partial charge in [-0.15, -0.1) is 0 Å². The summed E-state index contributed by atoms with van der Waals surface area (Å²) in [7, 11) is 0. The molecule has 2 aliphatic heterocycles. The summed E-state index contributed by atoms with van der Waals surface area (Å²) >= 11 is 0. The predicted octanol–water partition coefficient (Wildman–Crippen LogP) is 1.48. The van der Waals surface area contributed by atoms with Crippen molar-refractivity contribution in [3.8, 4) is 0 Å². The first kappa shape index (κ1) is 15.1. The summed E-state index contributed by atoms with van der Waals surface area (Å²) in [5.74, 6) is 0.202. The van der Waals surface area contributed by atoms with Gasteiger partial charge in [0.2, 0.25) is 0 Å². The quantitative estimate of drug-likeness (QED) is 0.893. The third kappa shape index (κ3) is 3.43. The summed E-state index contributed by atoms with van der Waals surface area (Å²) in [6, 6.07) is 1.17. The largest absolute Gasteiger partial charge is 0.368 e. The highest BCUT2D eigenvalue weighted by molar-refractivity contribution is 5.81. The maximum Gasteiger partial charge on any atom is 0.251 e. The van der Waals surface area contributed by atoms with Crippen LogP contribution < -0.4 is 5.32 Å². The van der Waals surface area contributed by atoms with Crippen LogP contribution >= 0.6 is 0 Å². The summed E-state index contributed by atoms with van der Waals surface area (Å²) in [4.78, 5) is 18.6. The summed E-state index contributed by atoms with van der Waals surface area (Å²) in [6.07, 6.45) is 10.3. The molecule has 1 unspecified atom stereocenters. The van der Waals surface area contributed by atoms with Crippen molar-refractivity contribution in [3.05, 3.63) is 18.2 Å². The van der Waals surface area contributed by atoms with E-state index in [4.69, 9.17) is 4.74 Å². The van der Waals surface area contributed by atoms with Crippen molar-refractivity contribution in [1.82, 2.24) is 19.8 Å². The number of carbonyl (C=O) groups is 1. The van der Waals surface area contributed by atoms with Gasteiger partial charge in [0, 0.05) is 44.5 Å². The number of hydrogen-bond acceptors (Lipinski definition) is 4. The van der Waals surface area contributed by atoms with Gasteiger partial charge in [0.05, 0.1) is 12.0 Å². The fourth-order valence-corrected chi connectivity index (χ4v) is 3.68. The van der Waals surface area contributed by atoms with Gasteiger partial charge in [-0.3, -0.25) is 4.79 Å². The normalized spacial score (nSPS) is 25.9. The number of piperidine rings is 1. The van der Waals surface area contributed by atoms with Crippen molar-refractivity contribution in [2.45, 2.75) is 63.3 Å². The summed E-state index contributed by atoms with van der Waals surface area (Å²) in [5.41, 5.74) is 1.28. The smallest absolute Gasteiger partial charge is 0.251 e. The van der Waals surface area contributed by atoms with E-state index in [1.165, 1.54) is 18.5 Å². The van der Waals surface area contributed by atoms with Crippen LogP contribution in [0.3, 0.4) is 0 Å². The minimum Gasteiger partial charge on any atom is -0.368 e. The van der Waals surface area contributed by atoms with Gasteiger partial charge in [0.15, 0.2) is 0 Å². The molecule has 126 valence electrons. The Kier molecular flexibility index (Phi) is 4.35. The van der Waals surface area contributed by atoms with Gasteiger partial charge in [-0.25, -0.2) is 4.98 Å². The second-order valence-electron chi connectivity index (χ2n) is 7.01. The van der Waals surface area contributed by atoms with Gasteiger partial charge in [-0.1, -0.05) is 0 Å². The zero-order chi connectivity index (χ0) is 15.6. The van der Waals surface area contributed by atoms with Gasteiger partial charge < -0.3 is 19.5 Å². The Morgan fingerprint density at radius 2 is 2.09 bits per heavy atom. The third-order valence-corrected chi connectivity index (χ3v) is 5.27. The van der Waals surface area contributed by atoms with Crippen LogP contribution in [-0.2, 0) is 16.1 Å². The Hall–Kier alpha value is -1.40. The average molecular weight is 318 g/mol. The van der Waals surface area contributed by atoms with E-state index in [0.29, 0.717) is 12.1 Å². The molecule has 1 atom stereocenters. The van der Waals surface area contributed by atoms with E-state index < -0.39 is 0 Å². The highest BCUT2D eigenvalue weighted by atomic mass is 16.5. The first-order valence-corrected chi connectivity index (χ1v) is 8.96. The summed E-state index contributed by atoms with van der Waals surface area (Å²) in [5, 5.41) is 3.65. The van der Waals surface area contributed by atoms with Crippen LogP contribution in [0.1, 0.15) is 50.3 Å². The molecule has 0 aromatic carbocycles. The zero-order valence-electron chi connectivity index (χ0n) is 13.6. The molecule has 3 heterocycles. The number of nitrogens with zero attached hydrogens (tertiary/aromatic N) is 3. The molecule has 1 amide bonds. The van der Waals surface area contributed by atoms with E-state index in [-0.39, 0.29) is 12.0 Å². The van der Waals surface area contributed by atoms with Crippen LogP contribution in [-0.4, -0.2) is 52.2 Å². The number of imidazole rings is 1. The number of carbonyl (C=O) groups excluding carboxylic acids is 1. The Morgan fingerprint density at radius 1 is 1.26 bits per heavy atom. The summed E-state index contributed by atoms with van der Waals surface area (Å²) < 4.78 is 7.82. The number of likely N-dealkylation sites (tertiary alicyclic amines) is 1. The molecule has 6 heteroatoms. The third-order valence-electron chi connectivity index (χ3n) is 5.27. The molecule has 0 spiro atoms. The molecule has 0 bridgehead atoms. The van der Waals surface area contributed by atoms with Crippen LogP contribution in [0.4, 0.5) is 0 Å². The fraction of sp³-hybridized carbons (Fsp3) is 0.765. The molecule has 1 aromatic rings. The van der Waals surface area contributed by atoms with Crippen LogP contribution in [0.2, 0.25) is 0 Å². The lowest BCUT2D eigenvalue weighted by molar-refractivity contribution is -0.142. The first-order valence-electron chi connectivity index (χ1n) is 8.96. The lowest BCUT2D eigenvalue weighted by Gasteiger charge is -2.33. The van der Waals surface area contributed by atoms with Crippen molar-refractivity contribution in [3.63, 3.8) is 0 Å².